The molecule has 1 rings (SSSR count). The van der Waals surface area contributed by atoms with Crippen LogP contribution in [0.2, 0.25) is 0 Å². The second kappa shape index (κ2) is 9.08. The Bertz CT molecular complexity index is 335. The molecule has 1 unspecified atom stereocenters. The third-order valence-corrected chi connectivity index (χ3v) is 2.99. The van der Waals surface area contributed by atoms with Gasteiger partial charge in [0.25, 0.3) is 0 Å². The molecule has 2 N–H and O–H groups in total. The zero-order valence-corrected chi connectivity index (χ0v) is 12.4. The number of rotatable bonds is 9. The molecular formula is C16H27NO2. The molecule has 19 heavy (non-hydrogen) atoms. The van der Waals surface area contributed by atoms with Crippen LogP contribution in [-0.2, 0) is 16.1 Å². The van der Waals surface area contributed by atoms with Gasteiger partial charge in [-0.05, 0) is 29.5 Å². The lowest BCUT2D eigenvalue weighted by molar-refractivity contribution is 0.0314. The largest absolute Gasteiger partial charge is 0.379 e. The van der Waals surface area contributed by atoms with Crippen LogP contribution in [0.15, 0.2) is 24.3 Å². The van der Waals surface area contributed by atoms with Gasteiger partial charge in [0.1, 0.15) is 0 Å². The third-order valence-electron chi connectivity index (χ3n) is 2.99. The van der Waals surface area contributed by atoms with Crippen LogP contribution in [0.3, 0.4) is 0 Å². The molecule has 0 heterocycles. The smallest absolute Gasteiger partial charge is 0.0718 e. The second-order valence-corrected chi connectivity index (χ2v) is 5.40. The van der Waals surface area contributed by atoms with Crippen LogP contribution in [-0.4, -0.2) is 26.4 Å². The third kappa shape index (κ3) is 6.71. The molecule has 0 aliphatic carbocycles. The van der Waals surface area contributed by atoms with Crippen molar-refractivity contribution in [1.29, 1.82) is 0 Å². The van der Waals surface area contributed by atoms with Gasteiger partial charge in [-0.15, -0.1) is 0 Å². The van der Waals surface area contributed by atoms with Gasteiger partial charge in [-0.1, -0.05) is 45.0 Å². The van der Waals surface area contributed by atoms with Gasteiger partial charge in [0.15, 0.2) is 0 Å². The molecule has 1 atom stereocenters. The molecule has 0 spiro atoms. The summed E-state index contributed by atoms with van der Waals surface area (Å²) in [5.41, 5.74) is 8.13. The van der Waals surface area contributed by atoms with E-state index >= 15 is 0 Å². The fourth-order valence-corrected chi connectivity index (χ4v) is 1.71. The van der Waals surface area contributed by atoms with Crippen molar-refractivity contribution in [3.8, 4) is 0 Å². The molecule has 0 amide bonds. The van der Waals surface area contributed by atoms with Crippen LogP contribution >= 0.6 is 0 Å². The first-order valence-corrected chi connectivity index (χ1v) is 7.08. The molecule has 0 saturated heterocycles. The molecule has 0 bridgehead atoms. The van der Waals surface area contributed by atoms with Crippen LogP contribution < -0.4 is 5.73 Å². The summed E-state index contributed by atoms with van der Waals surface area (Å²) in [6.45, 7) is 9.86. The van der Waals surface area contributed by atoms with E-state index in [0.29, 0.717) is 38.2 Å². The van der Waals surface area contributed by atoms with Crippen LogP contribution in [0.1, 0.15) is 37.8 Å². The molecule has 1 aromatic carbocycles. The lowest BCUT2D eigenvalue weighted by Crippen LogP contribution is -2.09. The fourth-order valence-electron chi connectivity index (χ4n) is 1.71. The molecule has 3 heteroatoms. The normalized spacial score (nSPS) is 12.9. The summed E-state index contributed by atoms with van der Waals surface area (Å²) in [6.07, 6.45) is 0. The van der Waals surface area contributed by atoms with Gasteiger partial charge in [-0.3, -0.25) is 0 Å². The van der Waals surface area contributed by atoms with E-state index in [4.69, 9.17) is 15.2 Å². The van der Waals surface area contributed by atoms with E-state index in [1.54, 1.807) is 0 Å². The van der Waals surface area contributed by atoms with E-state index in [9.17, 15) is 0 Å². The highest BCUT2D eigenvalue weighted by molar-refractivity contribution is 5.24. The molecule has 0 radical (unpaired) electrons. The molecular weight excluding hydrogens is 238 g/mol. The summed E-state index contributed by atoms with van der Waals surface area (Å²) < 4.78 is 11.0. The molecule has 3 nitrogen and oxygen atoms in total. The number of hydrogen-bond donors (Lipinski definition) is 1. The highest BCUT2D eigenvalue weighted by Crippen LogP contribution is 2.14. The molecule has 1 aromatic rings. The molecule has 0 aromatic heterocycles. The second-order valence-electron chi connectivity index (χ2n) is 5.40. The Morgan fingerprint density at radius 3 is 2.21 bits per heavy atom. The molecule has 0 aliphatic heterocycles. The minimum atomic E-state index is 0.416. The lowest BCUT2D eigenvalue weighted by Gasteiger charge is -2.10. The first-order chi connectivity index (χ1) is 9.13. The van der Waals surface area contributed by atoms with Gasteiger partial charge in [0.2, 0.25) is 0 Å². The average molecular weight is 265 g/mol. The van der Waals surface area contributed by atoms with E-state index < -0.39 is 0 Å². The summed E-state index contributed by atoms with van der Waals surface area (Å²) in [5.74, 6) is 0.997. The summed E-state index contributed by atoms with van der Waals surface area (Å²) in [5, 5.41) is 0. The predicted octanol–water partition coefficient (Wildman–Crippen LogP) is 2.94. The molecule has 0 saturated carbocycles. The number of ether oxygens (including phenoxy) is 2. The zero-order valence-electron chi connectivity index (χ0n) is 12.4. The SMILES string of the molecule is CC(C)COCCOCc1ccc(C(C)CN)cc1. The van der Waals surface area contributed by atoms with E-state index in [2.05, 4.69) is 45.0 Å². The maximum absolute atomic E-state index is 5.65. The van der Waals surface area contributed by atoms with Crippen LogP contribution in [0.4, 0.5) is 0 Å². The van der Waals surface area contributed by atoms with E-state index in [-0.39, 0.29) is 0 Å². The fraction of sp³-hybridized carbons (Fsp3) is 0.625. The molecule has 108 valence electrons. The van der Waals surface area contributed by atoms with Crippen molar-refractivity contribution in [1.82, 2.24) is 0 Å². The standard InChI is InChI=1S/C16H27NO2/c1-13(2)11-18-8-9-19-12-15-4-6-16(7-5-15)14(3)10-17/h4-7,13-14H,8-12,17H2,1-3H3. The van der Waals surface area contributed by atoms with Gasteiger partial charge in [-0.2, -0.15) is 0 Å². The lowest BCUT2D eigenvalue weighted by atomic mass is 10.0. The number of benzene rings is 1. The number of hydrogen-bond acceptors (Lipinski definition) is 3. The van der Waals surface area contributed by atoms with Crippen molar-refractivity contribution in [2.75, 3.05) is 26.4 Å². The van der Waals surface area contributed by atoms with E-state index in [1.165, 1.54) is 11.1 Å². The van der Waals surface area contributed by atoms with Crippen LogP contribution in [0, 0.1) is 5.92 Å². The van der Waals surface area contributed by atoms with Gasteiger partial charge >= 0.3 is 0 Å². The summed E-state index contributed by atoms with van der Waals surface area (Å²) in [6, 6.07) is 8.48. The minimum absolute atomic E-state index is 0.416. The Labute approximate surface area is 117 Å². The topological polar surface area (TPSA) is 44.5 Å². The Morgan fingerprint density at radius 2 is 1.63 bits per heavy atom. The van der Waals surface area contributed by atoms with Gasteiger partial charge in [-0.25, -0.2) is 0 Å². The Morgan fingerprint density at radius 1 is 1.00 bits per heavy atom. The molecule has 0 fully saturated rings. The minimum Gasteiger partial charge on any atom is -0.379 e. The van der Waals surface area contributed by atoms with Gasteiger partial charge in [0.05, 0.1) is 19.8 Å². The first kappa shape index (κ1) is 16.2. The average Bonchev–Trinajstić information content (AvgIpc) is 2.42. The summed E-state index contributed by atoms with van der Waals surface area (Å²) in [7, 11) is 0. The Hall–Kier alpha value is -0.900. The maximum Gasteiger partial charge on any atom is 0.0718 e. The molecule has 0 aliphatic rings. The van der Waals surface area contributed by atoms with Gasteiger partial charge in [0, 0.05) is 6.61 Å². The highest BCUT2D eigenvalue weighted by Gasteiger charge is 2.02. The predicted molar refractivity (Wildman–Crippen MR) is 79.2 cm³/mol. The quantitative estimate of drug-likeness (QED) is 0.698. The zero-order chi connectivity index (χ0) is 14.1. The van der Waals surface area contributed by atoms with Gasteiger partial charge < -0.3 is 15.2 Å². The van der Waals surface area contributed by atoms with E-state index in [0.717, 1.165) is 6.61 Å². The van der Waals surface area contributed by atoms with Crippen molar-refractivity contribution < 1.29 is 9.47 Å². The van der Waals surface area contributed by atoms with Crippen molar-refractivity contribution in [3.63, 3.8) is 0 Å². The van der Waals surface area contributed by atoms with Crippen molar-refractivity contribution in [3.05, 3.63) is 35.4 Å². The maximum atomic E-state index is 5.65. The van der Waals surface area contributed by atoms with Crippen molar-refractivity contribution in [2.24, 2.45) is 11.7 Å². The van der Waals surface area contributed by atoms with E-state index in [1.807, 2.05) is 0 Å². The van der Waals surface area contributed by atoms with Crippen molar-refractivity contribution >= 4 is 0 Å². The summed E-state index contributed by atoms with van der Waals surface area (Å²) in [4.78, 5) is 0. The Balaban J connectivity index is 2.19. The highest BCUT2D eigenvalue weighted by atomic mass is 16.5. The van der Waals surface area contributed by atoms with Crippen molar-refractivity contribution in [2.45, 2.75) is 33.3 Å². The van der Waals surface area contributed by atoms with Crippen LogP contribution in [0.25, 0.3) is 0 Å². The van der Waals surface area contributed by atoms with Crippen LogP contribution in [0.5, 0.6) is 0 Å². The monoisotopic (exact) mass is 265 g/mol. The number of nitrogens with two attached hydrogens (primary N) is 1. The summed E-state index contributed by atoms with van der Waals surface area (Å²) >= 11 is 0. The Kier molecular flexibility index (Phi) is 7.72. The first-order valence-electron chi connectivity index (χ1n) is 7.08.